The summed E-state index contributed by atoms with van der Waals surface area (Å²) in [7, 11) is 0. The normalized spacial score (nSPS) is 10.5. The molecule has 0 saturated heterocycles. The highest BCUT2D eigenvalue weighted by molar-refractivity contribution is 6.30. The SMILES string of the molecule is CCCNc1nc(C)nc(Oc2cccc(Cl)c2F)c1C. The largest absolute Gasteiger partial charge is 0.435 e. The lowest BCUT2D eigenvalue weighted by Gasteiger charge is -2.13. The summed E-state index contributed by atoms with van der Waals surface area (Å²) in [6.07, 6.45) is 0.974. The van der Waals surface area contributed by atoms with Crippen molar-refractivity contribution in [3.63, 3.8) is 0 Å². The second-order valence-electron chi connectivity index (χ2n) is 4.63. The molecule has 6 heteroatoms. The van der Waals surface area contributed by atoms with E-state index in [4.69, 9.17) is 16.3 Å². The van der Waals surface area contributed by atoms with E-state index in [1.807, 2.05) is 6.92 Å². The Morgan fingerprint density at radius 3 is 2.76 bits per heavy atom. The monoisotopic (exact) mass is 309 g/mol. The Morgan fingerprint density at radius 1 is 1.29 bits per heavy atom. The third-order valence-electron chi connectivity index (χ3n) is 2.88. The molecule has 1 N–H and O–H groups in total. The molecule has 2 rings (SSSR count). The van der Waals surface area contributed by atoms with Crippen LogP contribution < -0.4 is 10.1 Å². The lowest BCUT2D eigenvalue weighted by atomic mass is 10.3. The molecule has 0 spiro atoms. The minimum Gasteiger partial charge on any atom is -0.435 e. The van der Waals surface area contributed by atoms with Gasteiger partial charge in [-0.05, 0) is 32.4 Å². The summed E-state index contributed by atoms with van der Waals surface area (Å²) in [4.78, 5) is 8.55. The molecular weight excluding hydrogens is 293 g/mol. The Hall–Kier alpha value is -1.88. The van der Waals surface area contributed by atoms with Crippen molar-refractivity contribution in [2.75, 3.05) is 11.9 Å². The molecule has 1 aromatic carbocycles. The number of ether oxygens (including phenoxy) is 1. The van der Waals surface area contributed by atoms with Crippen molar-refractivity contribution in [1.82, 2.24) is 9.97 Å². The van der Waals surface area contributed by atoms with Gasteiger partial charge < -0.3 is 10.1 Å². The number of nitrogens with zero attached hydrogens (tertiary/aromatic N) is 2. The molecule has 1 heterocycles. The van der Waals surface area contributed by atoms with Crippen molar-refractivity contribution in [3.8, 4) is 11.6 Å². The van der Waals surface area contributed by atoms with Gasteiger partial charge in [0.05, 0.1) is 10.6 Å². The van der Waals surface area contributed by atoms with E-state index in [1.165, 1.54) is 12.1 Å². The molecule has 0 saturated carbocycles. The van der Waals surface area contributed by atoms with Gasteiger partial charge >= 0.3 is 0 Å². The first-order valence-corrected chi connectivity index (χ1v) is 7.11. The molecule has 2 aromatic rings. The van der Waals surface area contributed by atoms with E-state index >= 15 is 0 Å². The van der Waals surface area contributed by atoms with Gasteiger partial charge in [-0.15, -0.1) is 0 Å². The average Bonchev–Trinajstić information content (AvgIpc) is 2.45. The molecule has 0 bridgehead atoms. The van der Waals surface area contributed by atoms with Crippen molar-refractivity contribution in [3.05, 3.63) is 40.4 Å². The molecule has 0 aliphatic rings. The van der Waals surface area contributed by atoms with Gasteiger partial charge in [-0.25, -0.2) is 9.37 Å². The van der Waals surface area contributed by atoms with Gasteiger partial charge in [0, 0.05) is 6.54 Å². The summed E-state index contributed by atoms with van der Waals surface area (Å²) < 4.78 is 19.5. The first-order valence-electron chi connectivity index (χ1n) is 6.74. The summed E-state index contributed by atoms with van der Waals surface area (Å²) in [5, 5.41) is 3.22. The highest BCUT2D eigenvalue weighted by atomic mass is 35.5. The zero-order valence-corrected chi connectivity index (χ0v) is 13.0. The zero-order valence-electron chi connectivity index (χ0n) is 12.2. The van der Waals surface area contributed by atoms with Gasteiger partial charge in [0.25, 0.3) is 0 Å². The van der Waals surface area contributed by atoms with Crippen molar-refractivity contribution in [1.29, 1.82) is 0 Å². The van der Waals surface area contributed by atoms with Crippen LogP contribution in [-0.2, 0) is 0 Å². The molecule has 21 heavy (non-hydrogen) atoms. The number of aryl methyl sites for hydroxylation is 1. The van der Waals surface area contributed by atoms with E-state index in [-0.39, 0.29) is 10.8 Å². The fourth-order valence-corrected chi connectivity index (χ4v) is 1.95. The van der Waals surface area contributed by atoms with E-state index in [0.717, 1.165) is 18.5 Å². The van der Waals surface area contributed by atoms with Crippen LogP contribution in [0.5, 0.6) is 11.6 Å². The maximum absolute atomic E-state index is 13.9. The van der Waals surface area contributed by atoms with Gasteiger partial charge in [0.2, 0.25) is 5.88 Å². The number of anilines is 1. The first-order chi connectivity index (χ1) is 10.0. The summed E-state index contributed by atoms with van der Waals surface area (Å²) in [6, 6.07) is 4.60. The Morgan fingerprint density at radius 2 is 2.05 bits per heavy atom. The predicted octanol–water partition coefficient (Wildman–Crippen LogP) is 4.50. The van der Waals surface area contributed by atoms with Gasteiger partial charge in [0.15, 0.2) is 11.6 Å². The van der Waals surface area contributed by atoms with Crippen LogP contribution in [0, 0.1) is 19.7 Å². The maximum Gasteiger partial charge on any atom is 0.227 e. The molecule has 0 fully saturated rings. The quantitative estimate of drug-likeness (QED) is 0.883. The van der Waals surface area contributed by atoms with Crippen LogP contribution in [-0.4, -0.2) is 16.5 Å². The summed E-state index contributed by atoms with van der Waals surface area (Å²) in [5.74, 6) is 1.02. The van der Waals surface area contributed by atoms with Gasteiger partial charge in [-0.3, -0.25) is 0 Å². The summed E-state index contributed by atoms with van der Waals surface area (Å²) in [6.45, 7) is 6.45. The maximum atomic E-state index is 13.9. The molecule has 0 amide bonds. The molecule has 1 aromatic heterocycles. The number of aromatic nitrogens is 2. The standard InChI is InChI=1S/C15H17ClFN3O/c1-4-8-18-14-9(2)15(20-10(3)19-14)21-12-7-5-6-11(16)13(12)17/h5-7H,4,8H2,1-3H3,(H,18,19,20). The Labute approximate surface area is 128 Å². The molecule has 0 radical (unpaired) electrons. The van der Waals surface area contributed by atoms with E-state index < -0.39 is 5.82 Å². The van der Waals surface area contributed by atoms with Crippen LogP contribution in [0.15, 0.2) is 18.2 Å². The fraction of sp³-hybridized carbons (Fsp3) is 0.333. The second kappa shape index (κ2) is 6.72. The van der Waals surface area contributed by atoms with Crippen LogP contribution in [0.2, 0.25) is 5.02 Å². The summed E-state index contributed by atoms with van der Waals surface area (Å²) in [5.41, 5.74) is 0.730. The van der Waals surface area contributed by atoms with Crippen LogP contribution in [0.1, 0.15) is 24.7 Å². The van der Waals surface area contributed by atoms with Crippen molar-refractivity contribution < 1.29 is 9.13 Å². The molecule has 112 valence electrons. The van der Waals surface area contributed by atoms with E-state index in [0.29, 0.717) is 17.5 Å². The van der Waals surface area contributed by atoms with Crippen molar-refractivity contribution in [2.24, 2.45) is 0 Å². The van der Waals surface area contributed by atoms with Crippen molar-refractivity contribution in [2.45, 2.75) is 27.2 Å². The lowest BCUT2D eigenvalue weighted by Crippen LogP contribution is -2.07. The molecular formula is C15H17ClFN3O. The number of benzene rings is 1. The van der Waals surface area contributed by atoms with Crippen LogP contribution in [0.25, 0.3) is 0 Å². The molecule has 4 nitrogen and oxygen atoms in total. The molecule has 0 aliphatic carbocycles. The van der Waals surface area contributed by atoms with Gasteiger partial charge in [-0.2, -0.15) is 4.98 Å². The van der Waals surface area contributed by atoms with E-state index in [9.17, 15) is 4.39 Å². The van der Waals surface area contributed by atoms with Gasteiger partial charge in [-0.1, -0.05) is 24.6 Å². The highest BCUT2D eigenvalue weighted by Gasteiger charge is 2.14. The van der Waals surface area contributed by atoms with Gasteiger partial charge in [0.1, 0.15) is 11.6 Å². The Bertz CT molecular complexity index is 649. The molecule has 0 atom stereocenters. The first kappa shape index (κ1) is 15.5. The number of hydrogen-bond acceptors (Lipinski definition) is 4. The zero-order chi connectivity index (χ0) is 15.4. The predicted molar refractivity (Wildman–Crippen MR) is 81.8 cm³/mol. The number of halogens is 2. The third kappa shape index (κ3) is 3.61. The smallest absolute Gasteiger partial charge is 0.227 e. The van der Waals surface area contributed by atoms with Crippen LogP contribution in [0.3, 0.4) is 0 Å². The third-order valence-corrected chi connectivity index (χ3v) is 3.17. The number of hydrogen-bond donors (Lipinski definition) is 1. The summed E-state index contributed by atoms with van der Waals surface area (Å²) >= 11 is 5.75. The minimum absolute atomic E-state index is 0.0141. The highest BCUT2D eigenvalue weighted by Crippen LogP contribution is 2.31. The fourth-order valence-electron chi connectivity index (χ4n) is 1.78. The lowest BCUT2D eigenvalue weighted by molar-refractivity contribution is 0.422. The Balaban J connectivity index is 2.35. The second-order valence-corrected chi connectivity index (χ2v) is 5.04. The molecule has 0 aliphatic heterocycles. The van der Waals surface area contributed by atoms with Crippen LogP contribution in [0.4, 0.5) is 10.2 Å². The van der Waals surface area contributed by atoms with Crippen molar-refractivity contribution >= 4 is 17.4 Å². The number of nitrogens with one attached hydrogen (secondary N) is 1. The van der Waals surface area contributed by atoms with Crippen LogP contribution >= 0.6 is 11.6 Å². The topological polar surface area (TPSA) is 47.0 Å². The number of rotatable bonds is 5. The van der Waals surface area contributed by atoms with E-state index in [1.54, 1.807) is 13.0 Å². The average molecular weight is 310 g/mol. The Kier molecular flexibility index (Phi) is 4.96. The minimum atomic E-state index is -0.599. The molecule has 0 unspecified atom stereocenters. The van der Waals surface area contributed by atoms with E-state index in [2.05, 4.69) is 22.2 Å².